The van der Waals surface area contributed by atoms with Crippen molar-refractivity contribution < 1.29 is 18.0 Å². The minimum absolute atomic E-state index is 0.0261. The zero-order chi connectivity index (χ0) is 27.4. The van der Waals surface area contributed by atoms with Gasteiger partial charge < -0.3 is 14.8 Å². The molecule has 1 unspecified atom stereocenters. The lowest BCUT2D eigenvalue weighted by atomic mass is 9.87. The summed E-state index contributed by atoms with van der Waals surface area (Å²) in [5, 5.41) is 3.55. The largest absolute Gasteiger partial charge is 0.417 e. The predicted octanol–water partition coefficient (Wildman–Crippen LogP) is 7.10. The third kappa shape index (κ3) is 6.48. The van der Waals surface area contributed by atoms with Crippen molar-refractivity contribution in [2.75, 3.05) is 26.2 Å². The molecular weight excluding hydrogens is 523 g/mol. The molecule has 1 aliphatic heterocycles. The molecule has 2 heterocycles. The number of likely N-dealkylation sites (tertiary alicyclic amines) is 1. The summed E-state index contributed by atoms with van der Waals surface area (Å²) in [6, 6.07) is 21.8. The number of hydrogen-bond donors (Lipinski definition) is 1. The fourth-order valence-electron chi connectivity index (χ4n) is 5.47. The SMILES string of the molecule is O=C(CC(c1ccc(Cl)c(C(F)(F)F)c1)c1cn(Cc2ccccc2)c2ccccc12)NCCN1CCCC1. The Bertz CT molecular complexity index is 1430. The second kappa shape index (κ2) is 11.8. The number of amides is 1. The molecule has 1 fully saturated rings. The van der Waals surface area contributed by atoms with Gasteiger partial charge in [-0.05, 0) is 60.8 Å². The van der Waals surface area contributed by atoms with Crippen LogP contribution in [0.5, 0.6) is 0 Å². The van der Waals surface area contributed by atoms with Crippen LogP contribution >= 0.6 is 11.6 Å². The van der Waals surface area contributed by atoms with Crippen LogP contribution in [0.15, 0.2) is 79.0 Å². The lowest BCUT2D eigenvalue weighted by Crippen LogP contribution is -2.34. The van der Waals surface area contributed by atoms with Gasteiger partial charge in [0, 0.05) is 49.1 Å². The molecule has 1 atom stereocenters. The summed E-state index contributed by atoms with van der Waals surface area (Å²) in [7, 11) is 0. The number of hydrogen-bond acceptors (Lipinski definition) is 2. The first-order chi connectivity index (χ1) is 18.8. The molecule has 3 aromatic carbocycles. The lowest BCUT2D eigenvalue weighted by molar-refractivity contribution is -0.137. The Balaban J connectivity index is 1.51. The van der Waals surface area contributed by atoms with Crippen molar-refractivity contribution in [3.63, 3.8) is 0 Å². The molecule has 1 saturated heterocycles. The molecule has 8 heteroatoms. The number of nitrogens with zero attached hydrogens (tertiary/aromatic N) is 2. The number of aromatic nitrogens is 1. The minimum atomic E-state index is -4.60. The summed E-state index contributed by atoms with van der Waals surface area (Å²) in [5.41, 5.74) is 2.39. The molecule has 1 N–H and O–H groups in total. The zero-order valence-electron chi connectivity index (χ0n) is 21.6. The first-order valence-corrected chi connectivity index (χ1v) is 13.6. The molecule has 4 aromatic rings. The maximum absolute atomic E-state index is 13.8. The summed E-state index contributed by atoms with van der Waals surface area (Å²) < 4.78 is 43.5. The zero-order valence-corrected chi connectivity index (χ0v) is 22.3. The fourth-order valence-corrected chi connectivity index (χ4v) is 5.69. The molecule has 1 aromatic heterocycles. The monoisotopic (exact) mass is 553 g/mol. The Morgan fingerprint density at radius 3 is 2.44 bits per heavy atom. The maximum atomic E-state index is 13.8. The lowest BCUT2D eigenvalue weighted by Gasteiger charge is -2.20. The third-order valence-corrected chi connectivity index (χ3v) is 7.76. The number of nitrogens with one attached hydrogen (secondary N) is 1. The van der Waals surface area contributed by atoms with Crippen LogP contribution < -0.4 is 5.32 Å². The average Bonchev–Trinajstić information content (AvgIpc) is 3.56. The van der Waals surface area contributed by atoms with Crippen LogP contribution in [0.25, 0.3) is 10.9 Å². The molecule has 204 valence electrons. The Hall–Kier alpha value is -3.29. The van der Waals surface area contributed by atoms with E-state index in [1.54, 1.807) is 6.07 Å². The first kappa shape index (κ1) is 27.3. The van der Waals surface area contributed by atoms with Gasteiger partial charge >= 0.3 is 6.18 Å². The Kier molecular flexibility index (Phi) is 8.29. The number of alkyl halides is 3. The Morgan fingerprint density at radius 2 is 1.69 bits per heavy atom. The van der Waals surface area contributed by atoms with Crippen molar-refractivity contribution in [2.45, 2.75) is 37.9 Å². The van der Waals surface area contributed by atoms with E-state index < -0.39 is 17.7 Å². The van der Waals surface area contributed by atoms with Crippen molar-refractivity contribution >= 4 is 28.4 Å². The van der Waals surface area contributed by atoms with Gasteiger partial charge in [-0.1, -0.05) is 66.2 Å². The van der Waals surface area contributed by atoms with Crippen LogP contribution in [0.2, 0.25) is 5.02 Å². The van der Waals surface area contributed by atoms with Gasteiger partial charge in [-0.3, -0.25) is 4.79 Å². The smallest absolute Gasteiger partial charge is 0.355 e. The van der Waals surface area contributed by atoms with Crippen LogP contribution in [0.1, 0.15) is 47.4 Å². The molecule has 1 amide bonds. The van der Waals surface area contributed by atoms with Gasteiger partial charge in [-0.15, -0.1) is 0 Å². The molecule has 1 aliphatic rings. The molecule has 0 aliphatic carbocycles. The first-order valence-electron chi connectivity index (χ1n) is 13.3. The number of fused-ring (bicyclic) bond motifs is 1. The van der Waals surface area contributed by atoms with Gasteiger partial charge in [0.2, 0.25) is 5.91 Å². The molecule has 0 saturated carbocycles. The molecule has 0 spiro atoms. The van der Waals surface area contributed by atoms with E-state index in [1.807, 2.05) is 60.8 Å². The Labute approximate surface area is 231 Å². The number of halogens is 4. The number of para-hydroxylation sites is 1. The summed E-state index contributed by atoms with van der Waals surface area (Å²) in [5.74, 6) is -0.778. The van der Waals surface area contributed by atoms with Crippen LogP contribution in [-0.2, 0) is 17.5 Å². The van der Waals surface area contributed by atoms with E-state index in [-0.39, 0.29) is 17.4 Å². The number of rotatable bonds is 9. The van der Waals surface area contributed by atoms with E-state index >= 15 is 0 Å². The number of carbonyl (C=O) groups is 1. The highest BCUT2D eigenvalue weighted by Crippen LogP contribution is 2.40. The van der Waals surface area contributed by atoms with E-state index in [2.05, 4.69) is 14.8 Å². The van der Waals surface area contributed by atoms with E-state index in [9.17, 15) is 18.0 Å². The van der Waals surface area contributed by atoms with Gasteiger partial charge in [-0.2, -0.15) is 13.2 Å². The molecule has 0 radical (unpaired) electrons. The van der Waals surface area contributed by atoms with Crippen LogP contribution in [-0.4, -0.2) is 41.6 Å². The quantitative estimate of drug-likeness (QED) is 0.240. The van der Waals surface area contributed by atoms with Crippen molar-refractivity contribution in [1.29, 1.82) is 0 Å². The molecule has 4 nitrogen and oxygen atoms in total. The predicted molar refractivity (Wildman–Crippen MR) is 149 cm³/mol. The van der Waals surface area contributed by atoms with Gasteiger partial charge in [-0.25, -0.2) is 0 Å². The Morgan fingerprint density at radius 1 is 0.974 bits per heavy atom. The second-order valence-corrected chi connectivity index (χ2v) is 10.5. The normalized spacial score (nSPS) is 15.1. The van der Waals surface area contributed by atoms with E-state index in [4.69, 9.17) is 11.6 Å². The van der Waals surface area contributed by atoms with Gasteiger partial charge in [0.25, 0.3) is 0 Å². The minimum Gasteiger partial charge on any atom is -0.355 e. The van der Waals surface area contributed by atoms with Crippen molar-refractivity contribution in [3.05, 3.63) is 106 Å². The molecule has 39 heavy (non-hydrogen) atoms. The van der Waals surface area contributed by atoms with Crippen molar-refractivity contribution in [1.82, 2.24) is 14.8 Å². The summed E-state index contributed by atoms with van der Waals surface area (Å²) >= 11 is 5.95. The van der Waals surface area contributed by atoms with Crippen LogP contribution in [0.3, 0.4) is 0 Å². The van der Waals surface area contributed by atoms with Gasteiger partial charge in [0.15, 0.2) is 0 Å². The van der Waals surface area contributed by atoms with Gasteiger partial charge in [0.05, 0.1) is 10.6 Å². The van der Waals surface area contributed by atoms with Crippen LogP contribution in [0, 0.1) is 0 Å². The summed E-state index contributed by atoms with van der Waals surface area (Å²) in [6.07, 6.45) is -0.265. The molecule has 0 bridgehead atoms. The van der Waals surface area contributed by atoms with E-state index in [1.165, 1.54) is 18.9 Å². The highest BCUT2D eigenvalue weighted by molar-refractivity contribution is 6.31. The van der Waals surface area contributed by atoms with E-state index in [0.29, 0.717) is 18.7 Å². The average molecular weight is 554 g/mol. The van der Waals surface area contributed by atoms with Crippen molar-refractivity contribution in [2.24, 2.45) is 0 Å². The standard InChI is InChI=1S/C31H31ClF3N3O/c32-28-13-12-23(18-27(28)31(33,34)35)25(19-30(39)36-14-17-37-15-6-7-16-37)26-21-38(20-22-8-2-1-3-9-22)29-11-5-4-10-24(26)29/h1-5,8-13,18,21,25H,6-7,14-17,19-20H2,(H,36,39). The van der Waals surface area contributed by atoms with Crippen LogP contribution in [0.4, 0.5) is 13.2 Å². The van der Waals surface area contributed by atoms with Gasteiger partial charge in [0.1, 0.15) is 0 Å². The van der Waals surface area contributed by atoms with E-state index in [0.717, 1.165) is 47.7 Å². The summed E-state index contributed by atoms with van der Waals surface area (Å²) in [6.45, 7) is 3.95. The maximum Gasteiger partial charge on any atom is 0.417 e. The number of benzene rings is 3. The third-order valence-electron chi connectivity index (χ3n) is 7.43. The fraction of sp³-hybridized carbons (Fsp3) is 0.323. The highest BCUT2D eigenvalue weighted by atomic mass is 35.5. The topological polar surface area (TPSA) is 37.3 Å². The molecular formula is C31H31ClF3N3O. The second-order valence-electron chi connectivity index (χ2n) is 10.1. The highest BCUT2D eigenvalue weighted by Gasteiger charge is 2.34. The summed E-state index contributed by atoms with van der Waals surface area (Å²) in [4.78, 5) is 15.5. The molecule has 5 rings (SSSR count). The van der Waals surface area contributed by atoms with Crippen molar-refractivity contribution in [3.8, 4) is 0 Å². The number of carbonyl (C=O) groups excluding carboxylic acids is 1.